The van der Waals surface area contributed by atoms with Gasteiger partial charge in [0.15, 0.2) is 0 Å². The summed E-state index contributed by atoms with van der Waals surface area (Å²) in [5.74, 6) is -0.284. The lowest BCUT2D eigenvalue weighted by Crippen LogP contribution is -2.35. The van der Waals surface area contributed by atoms with Crippen molar-refractivity contribution in [2.45, 2.75) is 6.43 Å². The number of amides is 1. The molecule has 1 aromatic carbocycles. The minimum atomic E-state index is -2.80. The number of nitro groups is 1. The molecule has 1 amide bonds. The molecule has 124 valence electrons. The summed E-state index contributed by atoms with van der Waals surface area (Å²) in [5, 5.41) is 13.7. The van der Waals surface area contributed by atoms with Crippen molar-refractivity contribution in [3.63, 3.8) is 0 Å². The number of carbonyl (C=O) groups is 1. The van der Waals surface area contributed by atoms with Crippen LogP contribution in [0.4, 0.5) is 14.5 Å². The van der Waals surface area contributed by atoms with Gasteiger partial charge in [-0.3, -0.25) is 14.9 Å². The highest BCUT2D eigenvalue weighted by Crippen LogP contribution is 2.42. The van der Waals surface area contributed by atoms with E-state index in [1.807, 2.05) is 0 Å². The highest BCUT2D eigenvalue weighted by atomic mass is 35.5. The van der Waals surface area contributed by atoms with Crippen LogP contribution in [0.25, 0.3) is 0 Å². The Morgan fingerprint density at radius 1 is 1.35 bits per heavy atom. The number of nitrogens with one attached hydrogen (secondary N) is 1. The molecule has 1 aliphatic rings. The number of nitrogens with zero attached hydrogens (tertiary/aromatic N) is 3. The van der Waals surface area contributed by atoms with E-state index in [1.165, 1.54) is 0 Å². The highest BCUT2D eigenvalue weighted by Gasteiger charge is 2.40. The van der Waals surface area contributed by atoms with Crippen LogP contribution < -0.4 is 10.3 Å². The molecule has 1 N–H and O–H groups in total. The lowest BCUT2D eigenvalue weighted by atomic mass is 10.2. The van der Waals surface area contributed by atoms with E-state index in [-0.39, 0.29) is 34.5 Å². The third kappa shape index (κ3) is 3.32. The van der Waals surface area contributed by atoms with Gasteiger partial charge < -0.3 is 5.32 Å². The summed E-state index contributed by atoms with van der Waals surface area (Å²) < 4.78 is 26.4. The number of halogens is 5. The van der Waals surface area contributed by atoms with Crippen molar-refractivity contribution in [2.24, 2.45) is 0 Å². The van der Waals surface area contributed by atoms with Gasteiger partial charge in [-0.2, -0.15) is 0 Å². The normalized spacial score (nSPS) is 15.5. The third-order valence-corrected chi connectivity index (χ3v) is 3.75. The summed E-state index contributed by atoms with van der Waals surface area (Å²) >= 11 is 17.8. The van der Waals surface area contributed by atoms with Gasteiger partial charge in [0.2, 0.25) is 12.2 Å². The standard InChI is InChI=1S/C11H7Cl3F2N4O3/c12-6-1-5(10(15)16)2-7(13)9(6)19-11(17-4-21)8(20(22)23)3-18(19)14/h1-2,4,10H,3H2,(H,17,21). The van der Waals surface area contributed by atoms with Gasteiger partial charge in [0.25, 0.3) is 6.43 Å². The van der Waals surface area contributed by atoms with Crippen LogP contribution in [-0.2, 0) is 4.79 Å². The number of anilines is 1. The Hall–Kier alpha value is -1.68. The maximum absolute atomic E-state index is 12.8. The van der Waals surface area contributed by atoms with E-state index in [0.717, 1.165) is 21.7 Å². The molecule has 0 aromatic heterocycles. The quantitative estimate of drug-likeness (QED) is 0.363. The number of hydrogen-bond donors (Lipinski definition) is 1. The molecule has 0 spiro atoms. The van der Waals surface area contributed by atoms with E-state index >= 15 is 0 Å². The first-order valence-corrected chi connectivity index (χ1v) is 6.95. The second kappa shape index (κ2) is 6.83. The van der Waals surface area contributed by atoms with Gasteiger partial charge in [-0.25, -0.2) is 13.8 Å². The summed E-state index contributed by atoms with van der Waals surface area (Å²) in [6, 6.07) is 1.92. The van der Waals surface area contributed by atoms with Gasteiger partial charge in [-0.05, 0) is 12.1 Å². The Bertz CT molecular complexity index is 678. The minimum absolute atomic E-state index is 0.0751. The van der Waals surface area contributed by atoms with Gasteiger partial charge in [0, 0.05) is 17.3 Å². The molecule has 7 nitrogen and oxygen atoms in total. The maximum Gasteiger partial charge on any atom is 0.305 e. The molecule has 0 radical (unpaired) electrons. The van der Waals surface area contributed by atoms with Gasteiger partial charge in [0.1, 0.15) is 6.54 Å². The van der Waals surface area contributed by atoms with Gasteiger partial charge in [-0.15, -0.1) is 4.53 Å². The summed E-state index contributed by atoms with van der Waals surface area (Å²) in [6.45, 7) is -0.367. The van der Waals surface area contributed by atoms with Crippen LogP contribution in [0.2, 0.25) is 10.0 Å². The van der Waals surface area contributed by atoms with Crippen LogP contribution in [0.1, 0.15) is 12.0 Å². The molecule has 1 aromatic rings. The molecular weight excluding hydrogens is 381 g/mol. The van der Waals surface area contributed by atoms with Crippen molar-refractivity contribution in [2.75, 3.05) is 11.6 Å². The number of rotatable bonds is 5. The molecule has 0 saturated carbocycles. The molecule has 0 aliphatic carbocycles. The number of benzene rings is 1. The molecule has 0 fully saturated rings. The zero-order valence-electron chi connectivity index (χ0n) is 11.0. The summed E-state index contributed by atoms with van der Waals surface area (Å²) in [6.07, 6.45) is -2.60. The smallest absolute Gasteiger partial charge is 0.305 e. The average Bonchev–Trinajstić information content (AvgIpc) is 2.76. The van der Waals surface area contributed by atoms with E-state index < -0.39 is 22.6 Å². The van der Waals surface area contributed by atoms with E-state index in [0.29, 0.717) is 0 Å². The fourth-order valence-corrected chi connectivity index (χ4v) is 2.91. The van der Waals surface area contributed by atoms with Crippen LogP contribution in [0.5, 0.6) is 0 Å². The molecule has 0 saturated heterocycles. The van der Waals surface area contributed by atoms with Crippen LogP contribution >= 0.6 is 35.0 Å². The third-order valence-electron chi connectivity index (χ3n) is 2.90. The summed E-state index contributed by atoms with van der Waals surface area (Å²) in [5.41, 5.74) is -0.918. The predicted molar refractivity (Wildman–Crippen MR) is 79.7 cm³/mol. The topological polar surface area (TPSA) is 78.7 Å². The SMILES string of the molecule is O=CNC1=C([N+](=O)[O-])CN(Cl)N1c1c(Cl)cc(C(F)F)cc1Cl. The van der Waals surface area contributed by atoms with Crippen LogP contribution in [0.15, 0.2) is 23.7 Å². The summed E-state index contributed by atoms with van der Waals surface area (Å²) in [7, 11) is 0. The summed E-state index contributed by atoms with van der Waals surface area (Å²) in [4.78, 5) is 21.0. The van der Waals surface area contributed by atoms with Gasteiger partial charge in [0.05, 0.1) is 20.7 Å². The number of hydrogen-bond acceptors (Lipinski definition) is 5. The van der Waals surface area contributed by atoms with E-state index in [1.54, 1.807) is 0 Å². The molecule has 1 heterocycles. The number of alkyl halides is 2. The Morgan fingerprint density at radius 2 is 1.91 bits per heavy atom. The van der Waals surface area contributed by atoms with Crippen molar-refractivity contribution in [1.82, 2.24) is 9.84 Å². The molecule has 2 rings (SSSR count). The minimum Gasteiger partial charge on any atom is -0.308 e. The van der Waals surface area contributed by atoms with Crippen molar-refractivity contribution in [1.29, 1.82) is 0 Å². The van der Waals surface area contributed by atoms with E-state index in [9.17, 15) is 23.7 Å². The van der Waals surface area contributed by atoms with Crippen LogP contribution in [0.3, 0.4) is 0 Å². The van der Waals surface area contributed by atoms with E-state index in [2.05, 4.69) is 5.32 Å². The number of carbonyl (C=O) groups excluding carboxylic acids is 1. The second-order valence-electron chi connectivity index (χ2n) is 4.25. The molecule has 0 unspecified atom stereocenters. The molecule has 0 atom stereocenters. The fraction of sp³-hybridized carbons (Fsp3) is 0.182. The monoisotopic (exact) mass is 386 g/mol. The van der Waals surface area contributed by atoms with Crippen molar-refractivity contribution in [3.05, 3.63) is 49.4 Å². The second-order valence-corrected chi connectivity index (χ2v) is 5.46. The molecule has 12 heteroatoms. The Morgan fingerprint density at radius 3 is 2.35 bits per heavy atom. The zero-order valence-corrected chi connectivity index (χ0v) is 13.2. The molecule has 1 aliphatic heterocycles. The largest absolute Gasteiger partial charge is 0.308 e. The van der Waals surface area contributed by atoms with Crippen LogP contribution in [-0.4, -0.2) is 22.4 Å². The first kappa shape index (κ1) is 17.7. The molecule has 0 bridgehead atoms. The van der Waals surface area contributed by atoms with Crippen LogP contribution in [0, 0.1) is 10.1 Å². The van der Waals surface area contributed by atoms with Gasteiger partial charge >= 0.3 is 5.70 Å². The zero-order chi connectivity index (χ0) is 17.3. The highest BCUT2D eigenvalue weighted by molar-refractivity contribution is 6.39. The lowest BCUT2D eigenvalue weighted by molar-refractivity contribution is -0.426. The Labute approximate surface area is 143 Å². The van der Waals surface area contributed by atoms with Gasteiger partial charge in [-0.1, -0.05) is 23.2 Å². The van der Waals surface area contributed by atoms with E-state index in [4.69, 9.17) is 35.0 Å². The first-order valence-electron chi connectivity index (χ1n) is 5.86. The fourth-order valence-electron chi connectivity index (χ4n) is 1.98. The molecular formula is C11H7Cl3F2N4O3. The first-order chi connectivity index (χ1) is 10.8. The average molecular weight is 388 g/mol. The van der Waals surface area contributed by atoms with Crippen molar-refractivity contribution >= 4 is 47.1 Å². The lowest BCUT2D eigenvalue weighted by Gasteiger charge is -2.27. The van der Waals surface area contributed by atoms with Crippen molar-refractivity contribution < 1.29 is 18.5 Å². The Kier molecular flexibility index (Phi) is 5.25. The maximum atomic E-state index is 12.8. The Balaban J connectivity index is 2.60. The molecule has 23 heavy (non-hydrogen) atoms. The van der Waals surface area contributed by atoms with Crippen molar-refractivity contribution in [3.8, 4) is 0 Å². The number of hydrazine groups is 1. The predicted octanol–water partition coefficient (Wildman–Crippen LogP) is 3.31.